The average molecular weight is 343 g/mol. The number of anilines is 1. The molecular weight excluding hydrogens is 322 g/mol. The van der Waals surface area contributed by atoms with Crippen molar-refractivity contribution in [1.29, 1.82) is 0 Å². The van der Waals surface area contributed by atoms with Crippen LogP contribution in [0.4, 0.5) is 10.5 Å². The minimum atomic E-state index is -0.689. The molecule has 2 heterocycles. The molecule has 25 heavy (non-hydrogen) atoms. The van der Waals surface area contributed by atoms with Gasteiger partial charge in [-0.2, -0.15) is 0 Å². The summed E-state index contributed by atoms with van der Waals surface area (Å²) < 4.78 is 5.49. The smallest absolute Gasteiger partial charge is 0.331 e. The lowest BCUT2D eigenvalue weighted by Gasteiger charge is -2.28. The number of urea groups is 1. The van der Waals surface area contributed by atoms with Crippen LogP contribution >= 0.6 is 0 Å². The maximum Gasteiger partial charge on any atom is 0.331 e. The van der Waals surface area contributed by atoms with Crippen molar-refractivity contribution in [3.05, 3.63) is 35.4 Å². The van der Waals surface area contributed by atoms with E-state index in [1.807, 2.05) is 43.3 Å². The Labute approximate surface area is 146 Å². The van der Waals surface area contributed by atoms with Gasteiger partial charge in [-0.15, -0.1) is 0 Å². The van der Waals surface area contributed by atoms with E-state index in [0.717, 1.165) is 29.0 Å². The third-order valence-corrected chi connectivity index (χ3v) is 4.32. The molecule has 4 amide bonds. The second kappa shape index (κ2) is 7.06. The number of barbiturate groups is 1. The van der Waals surface area contributed by atoms with E-state index >= 15 is 0 Å². The SMILES string of the molecule is CN(C)c1ccc(/C=C2\C(=O)NC(=O)N(CC3CCCO3)C2=O)cc1. The Balaban J connectivity index is 1.82. The van der Waals surface area contributed by atoms with E-state index < -0.39 is 17.8 Å². The number of carbonyl (C=O) groups excluding carboxylic acids is 3. The molecule has 2 saturated heterocycles. The summed E-state index contributed by atoms with van der Waals surface area (Å²) in [4.78, 5) is 39.7. The molecule has 132 valence electrons. The zero-order valence-electron chi connectivity index (χ0n) is 14.3. The zero-order valence-corrected chi connectivity index (χ0v) is 14.3. The van der Waals surface area contributed by atoms with Gasteiger partial charge in [0.05, 0.1) is 12.6 Å². The highest BCUT2D eigenvalue weighted by Gasteiger charge is 2.37. The van der Waals surface area contributed by atoms with Gasteiger partial charge in [0.15, 0.2) is 0 Å². The van der Waals surface area contributed by atoms with Crippen LogP contribution < -0.4 is 10.2 Å². The van der Waals surface area contributed by atoms with E-state index in [0.29, 0.717) is 6.61 Å². The van der Waals surface area contributed by atoms with Crippen molar-refractivity contribution in [1.82, 2.24) is 10.2 Å². The molecule has 0 saturated carbocycles. The number of nitrogens with one attached hydrogen (secondary N) is 1. The molecule has 2 aliphatic heterocycles. The van der Waals surface area contributed by atoms with Gasteiger partial charge in [-0.05, 0) is 36.6 Å². The number of amides is 4. The molecule has 0 bridgehead atoms. The number of nitrogens with zero attached hydrogens (tertiary/aromatic N) is 2. The fourth-order valence-corrected chi connectivity index (χ4v) is 2.89. The predicted octanol–water partition coefficient (Wildman–Crippen LogP) is 1.39. The van der Waals surface area contributed by atoms with Gasteiger partial charge in [0.25, 0.3) is 11.8 Å². The van der Waals surface area contributed by atoms with E-state index in [1.54, 1.807) is 0 Å². The van der Waals surface area contributed by atoms with Gasteiger partial charge >= 0.3 is 6.03 Å². The highest BCUT2D eigenvalue weighted by Crippen LogP contribution is 2.20. The number of hydrogen-bond donors (Lipinski definition) is 1. The Morgan fingerprint density at radius 2 is 1.96 bits per heavy atom. The number of ether oxygens (including phenoxy) is 1. The molecule has 0 aromatic heterocycles. The molecule has 1 N–H and O–H groups in total. The number of carbonyl (C=O) groups is 3. The monoisotopic (exact) mass is 343 g/mol. The van der Waals surface area contributed by atoms with E-state index in [2.05, 4.69) is 5.32 Å². The number of rotatable bonds is 4. The zero-order chi connectivity index (χ0) is 18.0. The van der Waals surface area contributed by atoms with Crippen LogP contribution in [0.15, 0.2) is 29.8 Å². The standard InChI is InChI=1S/C18H21N3O4/c1-20(2)13-7-5-12(6-8-13)10-15-16(22)19-18(24)21(17(15)23)11-14-4-3-9-25-14/h5-8,10,14H,3-4,9,11H2,1-2H3,(H,19,22,24)/b15-10+. The summed E-state index contributed by atoms with van der Waals surface area (Å²) in [5.74, 6) is -1.25. The third kappa shape index (κ3) is 3.71. The highest BCUT2D eigenvalue weighted by atomic mass is 16.5. The molecule has 7 heteroatoms. The number of imide groups is 2. The Bertz CT molecular complexity index is 718. The van der Waals surface area contributed by atoms with Crippen LogP contribution in [0.3, 0.4) is 0 Å². The third-order valence-electron chi connectivity index (χ3n) is 4.32. The Kier molecular flexibility index (Phi) is 4.85. The van der Waals surface area contributed by atoms with Crippen molar-refractivity contribution < 1.29 is 19.1 Å². The lowest BCUT2D eigenvalue weighted by molar-refractivity contribution is -0.131. The largest absolute Gasteiger partial charge is 0.378 e. The van der Waals surface area contributed by atoms with Gasteiger partial charge < -0.3 is 9.64 Å². The van der Waals surface area contributed by atoms with Crippen molar-refractivity contribution in [2.75, 3.05) is 32.1 Å². The van der Waals surface area contributed by atoms with Crippen molar-refractivity contribution in [3.63, 3.8) is 0 Å². The topological polar surface area (TPSA) is 79.0 Å². The van der Waals surface area contributed by atoms with Crippen LogP contribution in [0, 0.1) is 0 Å². The molecule has 0 aliphatic carbocycles. The maximum absolute atomic E-state index is 12.6. The first-order chi connectivity index (χ1) is 12.0. The van der Waals surface area contributed by atoms with Crippen molar-refractivity contribution >= 4 is 29.6 Å². The van der Waals surface area contributed by atoms with Crippen molar-refractivity contribution in [2.45, 2.75) is 18.9 Å². The first kappa shape index (κ1) is 17.2. The molecule has 1 atom stereocenters. The van der Waals surface area contributed by atoms with Crippen LogP contribution in [0.5, 0.6) is 0 Å². The summed E-state index contributed by atoms with van der Waals surface area (Å²) in [7, 11) is 3.86. The summed E-state index contributed by atoms with van der Waals surface area (Å²) in [5, 5.41) is 2.23. The molecule has 0 spiro atoms. The molecule has 7 nitrogen and oxygen atoms in total. The molecule has 1 aromatic carbocycles. The molecule has 2 fully saturated rings. The lowest BCUT2D eigenvalue weighted by Crippen LogP contribution is -2.55. The molecular formula is C18H21N3O4. The molecule has 0 radical (unpaired) electrons. The van der Waals surface area contributed by atoms with Crippen molar-refractivity contribution in [2.24, 2.45) is 0 Å². The van der Waals surface area contributed by atoms with E-state index in [1.165, 1.54) is 6.08 Å². The predicted molar refractivity (Wildman–Crippen MR) is 93.0 cm³/mol. The first-order valence-corrected chi connectivity index (χ1v) is 8.23. The Morgan fingerprint density at radius 1 is 1.24 bits per heavy atom. The van der Waals surface area contributed by atoms with Crippen LogP contribution in [0.2, 0.25) is 0 Å². The fraction of sp³-hybridized carbons (Fsp3) is 0.389. The van der Waals surface area contributed by atoms with Gasteiger partial charge in [0.1, 0.15) is 5.57 Å². The van der Waals surface area contributed by atoms with Gasteiger partial charge in [0.2, 0.25) is 0 Å². The highest BCUT2D eigenvalue weighted by molar-refractivity contribution is 6.31. The maximum atomic E-state index is 12.6. The van der Waals surface area contributed by atoms with Gasteiger partial charge in [-0.1, -0.05) is 12.1 Å². The van der Waals surface area contributed by atoms with Crippen LogP contribution in [0.25, 0.3) is 6.08 Å². The van der Waals surface area contributed by atoms with E-state index in [-0.39, 0.29) is 18.2 Å². The minimum Gasteiger partial charge on any atom is -0.378 e. The summed E-state index contributed by atoms with van der Waals surface area (Å²) in [5.41, 5.74) is 1.68. The molecule has 1 aromatic rings. The van der Waals surface area contributed by atoms with Crippen LogP contribution in [0.1, 0.15) is 18.4 Å². The van der Waals surface area contributed by atoms with Crippen LogP contribution in [-0.4, -0.2) is 56.1 Å². The van der Waals surface area contributed by atoms with Crippen LogP contribution in [-0.2, 0) is 14.3 Å². The average Bonchev–Trinajstić information content (AvgIpc) is 3.09. The fourth-order valence-electron chi connectivity index (χ4n) is 2.89. The number of hydrogen-bond acceptors (Lipinski definition) is 5. The number of benzene rings is 1. The molecule has 1 unspecified atom stereocenters. The lowest BCUT2D eigenvalue weighted by atomic mass is 10.1. The second-order valence-corrected chi connectivity index (χ2v) is 6.35. The van der Waals surface area contributed by atoms with E-state index in [9.17, 15) is 14.4 Å². The summed E-state index contributed by atoms with van der Waals surface area (Å²) in [6.45, 7) is 0.795. The first-order valence-electron chi connectivity index (χ1n) is 8.23. The van der Waals surface area contributed by atoms with E-state index in [4.69, 9.17) is 4.74 Å². The quantitative estimate of drug-likeness (QED) is 0.660. The Morgan fingerprint density at radius 3 is 2.56 bits per heavy atom. The molecule has 2 aliphatic rings. The normalized spacial score (nSPS) is 22.5. The van der Waals surface area contributed by atoms with Gasteiger partial charge in [-0.25, -0.2) is 4.79 Å². The van der Waals surface area contributed by atoms with Crippen molar-refractivity contribution in [3.8, 4) is 0 Å². The summed E-state index contributed by atoms with van der Waals surface area (Å²) in [6, 6.07) is 6.75. The second-order valence-electron chi connectivity index (χ2n) is 6.35. The summed E-state index contributed by atoms with van der Waals surface area (Å²) >= 11 is 0. The minimum absolute atomic E-state index is 0.0461. The van der Waals surface area contributed by atoms with Gasteiger partial charge in [0, 0.05) is 26.4 Å². The van der Waals surface area contributed by atoms with Gasteiger partial charge in [-0.3, -0.25) is 19.8 Å². The summed E-state index contributed by atoms with van der Waals surface area (Å²) in [6.07, 6.45) is 3.06. The Hall–Kier alpha value is -2.67. The molecule has 3 rings (SSSR count).